The number of nitrogens with two attached hydrogens (primary N) is 1. The van der Waals surface area contributed by atoms with Gasteiger partial charge in [-0.15, -0.1) is 0 Å². The largest absolute Gasteiger partial charge is 0.481 e. The zero-order valence-electron chi connectivity index (χ0n) is 19.0. The predicted molar refractivity (Wildman–Crippen MR) is 122 cm³/mol. The van der Waals surface area contributed by atoms with Crippen molar-refractivity contribution in [2.75, 3.05) is 14.2 Å². The molecular weight excluding hydrogens is 378 g/mol. The fraction of sp³-hybridized carbons (Fsp3) is 0.708. The Morgan fingerprint density at radius 3 is 1.77 bits per heavy atom. The first kappa shape index (κ1) is 25.9. The predicted octanol–water partition coefficient (Wildman–Crippen LogP) is 5.54. The second-order valence-corrected chi connectivity index (χ2v) is 7.77. The van der Waals surface area contributed by atoms with E-state index in [0.717, 1.165) is 31.2 Å². The van der Waals surface area contributed by atoms with Crippen LogP contribution in [-0.4, -0.2) is 30.1 Å². The smallest absolute Gasteiger partial charge is 0.223 e. The van der Waals surface area contributed by atoms with Crippen LogP contribution in [0, 0.1) is 0 Å². The number of hydrogen-bond acceptors (Lipinski definition) is 5. The second kappa shape index (κ2) is 17.7. The lowest BCUT2D eigenvalue weighted by Crippen LogP contribution is -2.09. The summed E-state index contributed by atoms with van der Waals surface area (Å²) in [5.41, 5.74) is 6.10. The molecule has 0 atom stereocenters. The van der Waals surface area contributed by atoms with Crippen LogP contribution < -0.4 is 15.2 Å². The number of rotatable bonds is 19. The summed E-state index contributed by atoms with van der Waals surface area (Å²) in [6.07, 6.45) is 23.1. The van der Waals surface area contributed by atoms with Gasteiger partial charge in [0.05, 0.1) is 19.8 Å². The van der Waals surface area contributed by atoms with Crippen LogP contribution in [0.5, 0.6) is 11.8 Å². The van der Waals surface area contributed by atoms with Crippen LogP contribution in [0.25, 0.3) is 0 Å². The van der Waals surface area contributed by atoms with E-state index in [1.54, 1.807) is 14.2 Å². The third kappa shape index (κ3) is 12.5. The van der Waals surface area contributed by atoms with E-state index in [4.69, 9.17) is 15.2 Å². The van der Waals surface area contributed by atoms with Crippen molar-refractivity contribution in [1.29, 1.82) is 0 Å². The first-order valence-corrected chi connectivity index (χ1v) is 11.5. The zero-order chi connectivity index (χ0) is 21.9. The molecule has 0 bridgehead atoms. The third-order valence-corrected chi connectivity index (χ3v) is 5.26. The Balaban J connectivity index is 1.93. The Bertz CT molecular complexity index is 583. The number of carbonyl (C=O) groups is 1. The lowest BCUT2D eigenvalue weighted by molar-refractivity contribution is -0.118. The monoisotopic (exact) mass is 419 g/mol. The van der Waals surface area contributed by atoms with E-state index in [2.05, 4.69) is 22.1 Å². The number of primary amides is 1. The SMILES string of the molecule is COc1ncnc(OC)c1CCCCCCCCC=CCCCCCCCC(N)=O. The van der Waals surface area contributed by atoms with Crippen LogP contribution in [0.15, 0.2) is 18.5 Å². The quantitative estimate of drug-likeness (QED) is 0.235. The fourth-order valence-corrected chi connectivity index (χ4v) is 3.55. The minimum atomic E-state index is -0.179. The van der Waals surface area contributed by atoms with E-state index in [0.29, 0.717) is 18.2 Å². The van der Waals surface area contributed by atoms with Gasteiger partial charge in [-0.25, -0.2) is 9.97 Å². The summed E-state index contributed by atoms with van der Waals surface area (Å²) < 4.78 is 10.6. The highest BCUT2D eigenvalue weighted by atomic mass is 16.5. The lowest BCUT2D eigenvalue weighted by atomic mass is 10.1. The summed E-state index contributed by atoms with van der Waals surface area (Å²) in [4.78, 5) is 19.0. The highest BCUT2D eigenvalue weighted by molar-refractivity contribution is 5.73. The maximum atomic E-state index is 10.6. The highest BCUT2D eigenvalue weighted by Crippen LogP contribution is 2.25. The molecule has 0 aliphatic carbocycles. The van der Waals surface area contributed by atoms with E-state index < -0.39 is 0 Å². The molecule has 0 aliphatic rings. The number of methoxy groups -OCH3 is 2. The molecule has 0 saturated carbocycles. The maximum absolute atomic E-state index is 10.6. The number of carbonyl (C=O) groups excluding carboxylic acids is 1. The van der Waals surface area contributed by atoms with Gasteiger partial charge in [-0.3, -0.25) is 4.79 Å². The number of nitrogens with zero attached hydrogens (tertiary/aromatic N) is 2. The molecule has 2 N–H and O–H groups in total. The number of aromatic nitrogens is 2. The van der Waals surface area contributed by atoms with Gasteiger partial charge in [0.25, 0.3) is 0 Å². The number of unbranched alkanes of at least 4 members (excludes halogenated alkanes) is 11. The van der Waals surface area contributed by atoms with Crippen molar-refractivity contribution in [3.63, 3.8) is 0 Å². The molecule has 0 unspecified atom stereocenters. The summed E-state index contributed by atoms with van der Waals surface area (Å²) in [5, 5.41) is 0. The van der Waals surface area contributed by atoms with Crippen LogP contribution in [0.2, 0.25) is 0 Å². The summed E-state index contributed by atoms with van der Waals surface area (Å²) in [5.74, 6) is 1.06. The number of amides is 1. The van der Waals surface area contributed by atoms with Gasteiger partial charge in [-0.05, 0) is 44.9 Å². The average Bonchev–Trinajstić information content (AvgIpc) is 2.75. The lowest BCUT2D eigenvalue weighted by Gasteiger charge is -2.10. The Morgan fingerprint density at radius 1 is 0.800 bits per heavy atom. The van der Waals surface area contributed by atoms with E-state index in [9.17, 15) is 4.79 Å². The molecular formula is C24H41N3O3. The van der Waals surface area contributed by atoms with Gasteiger partial charge >= 0.3 is 0 Å². The normalized spacial score (nSPS) is 11.1. The van der Waals surface area contributed by atoms with E-state index >= 15 is 0 Å². The molecule has 0 aromatic carbocycles. The van der Waals surface area contributed by atoms with Crippen LogP contribution in [0.3, 0.4) is 0 Å². The molecule has 30 heavy (non-hydrogen) atoms. The van der Waals surface area contributed by atoms with Gasteiger partial charge in [-0.2, -0.15) is 0 Å². The summed E-state index contributed by atoms with van der Waals surface area (Å²) in [6.45, 7) is 0. The van der Waals surface area contributed by atoms with Crippen molar-refractivity contribution < 1.29 is 14.3 Å². The first-order chi connectivity index (χ1) is 14.7. The molecule has 0 radical (unpaired) electrons. The molecule has 1 rings (SSSR count). The van der Waals surface area contributed by atoms with Crippen LogP contribution in [-0.2, 0) is 11.2 Å². The Labute approximate surface area is 182 Å². The first-order valence-electron chi connectivity index (χ1n) is 11.5. The second-order valence-electron chi connectivity index (χ2n) is 7.77. The topological polar surface area (TPSA) is 87.3 Å². The molecule has 0 saturated heterocycles. The fourth-order valence-electron chi connectivity index (χ4n) is 3.55. The zero-order valence-corrected chi connectivity index (χ0v) is 19.0. The van der Waals surface area contributed by atoms with Crippen molar-refractivity contribution in [1.82, 2.24) is 9.97 Å². The van der Waals surface area contributed by atoms with Crippen molar-refractivity contribution in [3.8, 4) is 11.8 Å². The van der Waals surface area contributed by atoms with E-state index in [-0.39, 0.29) is 5.91 Å². The van der Waals surface area contributed by atoms with Crippen molar-refractivity contribution >= 4 is 5.91 Å². The number of allylic oxidation sites excluding steroid dienone is 2. The Hall–Kier alpha value is -2.11. The highest BCUT2D eigenvalue weighted by Gasteiger charge is 2.12. The molecule has 1 aromatic rings. The molecule has 1 aromatic heterocycles. The minimum absolute atomic E-state index is 0.179. The molecule has 170 valence electrons. The van der Waals surface area contributed by atoms with Gasteiger partial charge in [0.1, 0.15) is 6.33 Å². The molecule has 1 amide bonds. The number of ether oxygens (including phenoxy) is 2. The maximum Gasteiger partial charge on any atom is 0.223 e. The van der Waals surface area contributed by atoms with Crippen LogP contribution >= 0.6 is 0 Å². The van der Waals surface area contributed by atoms with Gasteiger partial charge in [-0.1, -0.05) is 57.1 Å². The van der Waals surface area contributed by atoms with E-state index in [1.807, 2.05) is 0 Å². The average molecular weight is 420 g/mol. The third-order valence-electron chi connectivity index (χ3n) is 5.26. The Kier molecular flexibility index (Phi) is 15.3. The van der Waals surface area contributed by atoms with E-state index in [1.165, 1.54) is 70.5 Å². The van der Waals surface area contributed by atoms with Crippen molar-refractivity contribution in [2.24, 2.45) is 5.73 Å². The van der Waals surface area contributed by atoms with Gasteiger partial charge in [0, 0.05) is 6.42 Å². The summed E-state index contributed by atoms with van der Waals surface area (Å²) in [6, 6.07) is 0. The van der Waals surface area contributed by atoms with Gasteiger partial charge in [0.15, 0.2) is 0 Å². The van der Waals surface area contributed by atoms with Gasteiger partial charge < -0.3 is 15.2 Å². The number of hydrogen-bond donors (Lipinski definition) is 1. The standard InChI is InChI=1S/C24H41N3O3/c1-29-23-21(24(30-2)27-20-26-23)18-16-14-12-10-8-6-4-3-5-7-9-11-13-15-17-19-22(25)28/h3,5,20H,4,6-19H2,1-2H3,(H2,25,28). The molecule has 1 heterocycles. The van der Waals surface area contributed by atoms with Gasteiger partial charge in [0.2, 0.25) is 17.7 Å². The summed E-state index contributed by atoms with van der Waals surface area (Å²) in [7, 11) is 3.27. The molecule has 6 heteroatoms. The van der Waals surface area contributed by atoms with Crippen molar-refractivity contribution in [3.05, 3.63) is 24.0 Å². The Morgan fingerprint density at radius 2 is 1.27 bits per heavy atom. The molecule has 0 aliphatic heterocycles. The molecule has 6 nitrogen and oxygen atoms in total. The van der Waals surface area contributed by atoms with Crippen LogP contribution in [0.4, 0.5) is 0 Å². The van der Waals surface area contributed by atoms with Crippen molar-refractivity contribution in [2.45, 2.75) is 96.3 Å². The minimum Gasteiger partial charge on any atom is -0.481 e. The van der Waals surface area contributed by atoms with Crippen LogP contribution in [0.1, 0.15) is 95.5 Å². The summed E-state index contributed by atoms with van der Waals surface area (Å²) >= 11 is 0. The molecule has 0 fully saturated rings. The molecule has 0 spiro atoms.